The maximum absolute atomic E-state index is 13.4. The lowest BCUT2D eigenvalue weighted by molar-refractivity contribution is -0.144. The predicted molar refractivity (Wildman–Crippen MR) is 115 cm³/mol. The van der Waals surface area contributed by atoms with Crippen molar-refractivity contribution in [2.75, 3.05) is 33.2 Å². The van der Waals surface area contributed by atoms with E-state index in [0.29, 0.717) is 12.6 Å². The van der Waals surface area contributed by atoms with Crippen LogP contribution in [0.2, 0.25) is 0 Å². The van der Waals surface area contributed by atoms with Crippen LogP contribution in [0.15, 0.2) is 54.9 Å². The van der Waals surface area contributed by atoms with Crippen molar-refractivity contribution in [3.05, 3.63) is 66.0 Å². The van der Waals surface area contributed by atoms with Gasteiger partial charge in [0.05, 0.1) is 5.41 Å². The molecule has 0 spiro atoms. The van der Waals surface area contributed by atoms with Crippen LogP contribution in [0.3, 0.4) is 0 Å². The topological polar surface area (TPSA) is 48.5 Å². The third-order valence-electron chi connectivity index (χ3n) is 6.82. The lowest BCUT2D eigenvalue weighted by Gasteiger charge is -2.53. The number of hydrogen-bond acceptors (Lipinski definition) is 4. The maximum Gasteiger partial charge on any atom is 0.228 e. The Bertz CT molecular complexity index is 797. The third kappa shape index (κ3) is 4.51. The molecule has 2 aliphatic heterocycles. The summed E-state index contributed by atoms with van der Waals surface area (Å²) in [7, 11) is 2.19. The van der Waals surface area contributed by atoms with Crippen LogP contribution in [0, 0.1) is 5.41 Å². The zero-order valence-electron chi connectivity index (χ0n) is 17.4. The molecular weight excluding hydrogens is 360 g/mol. The highest BCUT2D eigenvalue weighted by molar-refractivity contribution is 5.84. The molecule has 2 fully saturated rings. The molecule has 5 heteroatoms. The Morgan fingerprint density at radius 3 is 2.69 bits per heavy atom. The van der Waals surface area contributed by atoms with Crippen LogP contribution in [0.1, 0.15) is 30.4 Å². The monoisotopic (exact) mass is 392 g/mol. The van der Waals surface area contributed by atoms with Gasteiger partial charge in [0, 0.05) is 38.1 Å². The summed E-state index contributed by atoms with van der Waals surface area (Å²) in [5, 5.41) is 3.24. The number of likely N-dealkylation sites (tertiary alicyclic amines) is 2. The Morgan fingerprint density at radius 2 is 1.90 bits per heavy atom. The molecule has 1 aromatic carbocycles. The summed E-state index contributed by atoms with van der Waals surface area (Å²) in [5.41, 5.74) is 2.23. The van der Waals surface area contributed by atoms with E-state index in [-0.39, 0.29) is 11.3 Å². The zero-order chi connectivity index (χ0) is 20.1. The molecule has 1 amide bonds. The summed E-state index contributed by atoms with van der Waals surface area (Å²) in [5.74, 6) is 0.230. The van der Waals surface area contributed by atoms with Crippen LogP contribution in [0.4, 0.5) is 0 Å². The molecule has 0 unspecified atom stereocenters. The summed E-state index contributed by atoms with van der Waals surface area (Å²) in [4.78, 5) is 22.4. The number of nitrogens with one attached hydrogen (secondary N) is 1. The average molecular weight is 393 g/mol. The summed E-state index contributed by atoms with van der Waals surface area (Å²) in [6, 6.07) is 14.9. The van der Waals surface area contributed by atoms with Crippen molar-refractivity contribution in [2.24, 2.45) is 5.41 Å². The molecule has 0 bridgehead atoms. The van der Waals surface area contributed by atoms with Gasteiger partial charge in [0.25, 0.3) is 0 Å². The molecule has 2 atom stereocenters. The normalized spacial score (nSPS) is 25.3. The highest BCUT2D eigenvalue weighted by Crippen LogP contribution is 2.42. The molecule has 2 aromatic rings. The number of likely N-dealkylation sites (N-methyl/N-ethyl adjacent to an activating group) is 1. The Hall–Kier alpha value is -2.24. The zero-order valence-corrected chi connectivity index (χ0v) is 17.4. The first-order chi connectivity index (χ1) is 14.2. The average Bonchev–Trinajstić information content (AvgIpc) is 2.78. The van der Waals surface area contributed by atoms with Crippen LogP contribution in [-0.4, -0.2) is 60.0 Å². The van der Waals surface area contributed by atoms with E-state index >= 15 is 0 Å². The number of pyridine rings is 1. The number of hydrogen-bond donors (Lipinski definition) is 1. The first-order valence-electron chi connectivity index (χ1n) is 10.8. The number of carbonyl (C=O) groups excluding carboxylic acids is 1. The van der Waals surface area contributed by atoms with E-state index in [2.05, 4.69) is 57.5 Å². The number of amides is 1. The molecule has 5 nitrogen and oxygen atoms in total. The second-order valence-corrected chi connectivity index (χ2v) is 8.58. The molecular formula is C24H32N4O. The second kappa shape index (κ2) is 9.06. The molecule has 1 aromatic heterocycles. The van der Waals surface area contributed by atoms with Gasteiger partial charge in [-0.2, -0.15) is 0 Å². The highest BCUT2D eigenvalue weighted by atomic mass is 16.2. The Labute approximate surface area is 174 Å². The van der Waals surface area contributed by atoms with Gasteiger partial charge in [0.1, 0.15) is 0 Å². The van der Waals surface area contributed by atoms with Crippen LogP contribution in [0.25, 0.3) is 0 Å². The number of aromatic nitrogens is 1. The smallest absolute Gasteiger partial charge is 0.228 e. The standard InChI is InChI=1S/C24H32N4O/c1-27-15-5-11-24(23(29)26-18-21-8-13-25-14-9-21)12-17-28(19-22(24)27)16-10-20-6-3-2-4-7-20/h2-4,6-9,13-14,22H,5,10-12,15-19H2,1H3,(H,26,29)/t22-,24+/m0/s1. The highest BCUT2D eigenvalue weighted by Gasteiger charge is 2.51. The fourth-order valence-corrected chi connectivity index (χ4v) is 5.06. The van der Waals surface area contributed by atoms with Gasteiger partial charge in [0.2, 0.25) is 5.91 Å². The minimum atomic E-state index is -0.261. The van der Waals surface area contributed by atoms with Gasteiger partial charge in [-0.05, 0) is 69.1 Å². The minimum Gasteiger partial charge on any atom is -0.351 e. The third-order valence-corrected chi connectivity index (χ3v) is 6.82. The van der Waals surface area contributed by atoms with E-state index in [9.17, 15) is 4.79 Å². The van der Waals surface area contributed by atoms with Gasteiger partial charge in [-0.15, -0.1) is 0 Å². The number of fused-ring (bicyclic) bond motifs is 1. The van der Waals surface area contributed by atoms with Gasteiger partial charge in [-0.25, -0.2) is 0 Å². The number of nitrogens with zero attached hydrogens (tertiary/aromatic N) is 3. The van der Waals surface area contributed by atoms with Gasteiger partial charge in [0.15, 0.2) is 0 Å². The van der Waals surface area contributed by atoms with Gasteiger partial charge < -0.3 is 15.1 Å². The molecule has 1 N–H and O–H groups in total. The van der Waals surface area contributed by atoms with Crippen molar-refractivity contribution >= 4 is 5.91 Å². The summed E-state index contributed by atoms with van der Waals surface area (Å²) < 4.78 is 0. The van der Waals surface area contributed by atoms with Crippen molar-refractivity contribution in [2.45, 2.75) is 38.3 Å². The van der Waals surface area contributed by atoms with Crippen LogP contribution >= 0.6 is 0 Å². The van der Waals surface area contributed by atoms with Crippen LogP contribution in [0.5, 0.6) is 0 Å². The molecule has 0 radical (unpaired) electrons. The quantitative estimate of drug-likeness (QED) is 0.821. The van der Waals surface area contributed by atoms with E-state index in [1.54, 1.807) is 12.4 Å². The number of benzene rings is 1. The fraction of sp³-hybridized carbons (Fsp3) is 0.500. The fourth-order valence-electron chi connectivity index (χ4n) is 5.06. The Kier molecular flexibility index (Phi) is 6.26. The van der Waals surface area contributed by atoms with E-state index < -0.39 is 0 Å². The molecule has 0 aliphatic carbocycles. The molecule has 2 aliphatic rings. The van der Waals surface area contributed by atoms with Crippen molar-refractivity contribution in [1.82, 2.24) is 20.1 Å². The van der Waals surface area contributed by atoms with E-state index in [4.69, 9.17) is 0 Å². The van der Waals surface area contributed by atoms with E-state index in [1.165, 1.54) is 5.56 Å². The maximum atomic E-state index is 13.4. The SMILES string of the molecule is CN1CCC[C@@]2(C(=O)NCc3ccncc3)CCN(CCc3ccccc3)C[C@H]12. The molecule has 2 saturated heterocycles. The van der Waals surface area contributed by atoms with Crippen molar-refractivity contribution in [1.29, 1.82) is 0 Å². The lowest BCUT2D eigenvalue weighted by atomic mass is 9.67. The Morgan fingerprint density at radius 1 is 1.10 bits per heavy atom. The second-order valence-electron chi connectivity index (χ2n) is 8.58. The Balaban J connectivity index is 1.41. The molecule has 154 valence electrons. The minimum absolute atomic E-state index is 0.230. The van der Waals surface area contributed by atoms with Crippen LogP contribution in [-0.2, 0) is 17.8 Å². The number of piperidine rings is 2. The molecule has 0 saturated carbocycles. The van der Waals surface area contributed by atoms with E-state index in [0.717, 1.165) is 57.4 Å². The summed E-state index contributed by atoms with van der Waals surface area (Å²) >= 11 is 0. The first kappa shape index (κ1) is 20.0. The van der Waals surface area contributed by atoms with E-state index in [1.807, 2.05) is 12.1 Å². The van der Waals surface area contributed by atoms with Crippen molar-refractivity contribution < 1.29 is 4.79 Å². The number of rotatable bonds is 6. The summed E-state index contributed by atoms with van der Waals surface area (Å²) in [6.45, 7) is 4.70. The van der Waals surface area contributed by atoms with Crippen LogP contribution < -0.4 is 5.32 Å². The van der Waals surface area contributed by atoms with Gasteiger partial charge in [-0.3, -0.25) is 9.78 Å². The molecule has 4 rings (SSSR count). The number of carbonyl (C=O) groups is 1. The molecule has 3 heterocycles. The lowest BCUT2D eigenvalue weighted by Crippen LogP contribution is -2.65. The largest absolute Gasteiger partial charge is 0.351 e. The van der Waals surface area contributed by atoms with Crippen molar-refractivity contribution in [3.63, 3.8) is 0 Å². The summed E-state index contributed by atoms with van der Waals surface area (Å²) in [6.07, 6.45) is 7.66. The van der Waals surface area contributed by atoms with Gasteiger partial charge in [-0.1, -0.05) is 30.3 Å². The van der Waals surface area contributed by atoms with Gasteiger partial charge >= 0.3 is 0 Å². The first-order valence-corrected chi connectivity index (χ1v) is 10.8. The predicted octanol–water partition coefficient (Wildman–Crippen LogP) is 2.73. The molecule has 29 heavy (non-hydrogen) atoms. The van der Waals surface area contributed by atoms with Crippen molar-refractivity contribution in [3.8, 4) is 0 Å².